The van der Waals surface area contributed by atoms with Gasteiger partial charge in [-0.05, 0) is 42.5 Å². The number of nitro groups is 1. The minimum absolute atomic E-state index is 0.00607. The molecule has 0 aliphatic carbocycles. The van der Waals surface area contributed by atoms with Gasteiger partial charge in [-0.2, -0.15) is 0 Å². The lowest BCUT2D eigenvalue weighted by Gasteiger charge is -2.12. The van der Waals surface area contributed by atoms with E-state index in [9.17, 15) is 14.9 Å². The number of hydrogen-bond acceptors (Lipinski definition) is 6. The summed E-state index contributed by atoms with van der Waals surface area (Å²) in [5.41, 5.74) is 13.6. The number of carbonyl (C=O) groups excluding carboxylic acids is 1. The molecule has 0 atom stereocenters. The van der Waals surface area contributed by atoms with Crippen molar-refractivity contribution < 1.29 is 9.72 Å². The number of nitrogens with zero attached hydrogens (tertiary/aromatic N) is 1. The highest BCUT2D eigenvalue weighted by Crippen LogP contribution is 2.34. The number of hydrogen-bond donors (Lipinski definition) is 3. The van der Waals surface area contributed by atoms with Crippen LogP contribution in [0.2, 0.25) is 0 Å². The molecule has 0 bridgehead atoms. The predicted molar refractivity (Wildman–Crippen MR) is 107 cm³/mol. The highest BCUT2D eigenvalue weighted by atomic mass is 32.2. The van der Waals surface area contributed by atoms with Gasteiger partial charge in [0, 0.05) is 39.0 Å². The van der Waals surface area contributed by atoms with Crippen molar-refractivity contribution in [2.24, 2.45) is 0 Å². The third kappa shape index (κ3) is 4.36. The van der Waals surface area contributed by atoms with E-state index < -0.39 is 4.92 Å². The zero-order valence-corrected chi connectivity index (χ0v) is 14.9. The Bertz CT molecular complexity index is 1010. The van der Waals surface area contributed by atoms with Crippen molar-refractivity contribution in [3.05, 3.63) is 82.4 Å². The monoisotopic (exact) mass is 380 g/mol. The van der Waals surface area contributed by atoms with Crippen molar-refractivity contribution in [1.29, 1.82) is 0 Å². The first-order valence-electron chi connectivity index (χ1n) is 7.92. The van der Waals surface area contributed by atoms with Gasteiger partial charge < -0.3 is 16.8 Å². The van der Waals surface area contributed by atoms with E-state index in [2.05, 4.69) is 5.32 Å². The lowest BCUT2D eigenvalue weighted by Crippen LogP contribution is -2.15. The lowest BCUT2D eigenvalue weighted by atomic mass is 10.1. The first kappa shape index (κ1) is 18.3. The molecule has 0 fully saturated rings. The molecule has 5 N–H and O–H groups in total. The number of nitrogens with two attached hydrogens (primary N) is 2. The third-order valence-electron chi connectivity index (χ3n) is 3.71. The number of benzene rings is 3. The highest BCUT2D eigenvalue weighted by molar-refractivity contribution is 7.99. The normalized spacial score (nSPS) is 10.4. The van der Waals surface area contributed by atoms with Crippen LogP contribution in [-0.4, -0.2) is 10.8 Å². The van der Waals surface area contributed by atoms with Crippen LogP contribution in [0.4, 0.5) is 22.7 Å². The number of nitrogens with one attached hydrogen (secondary N) is 1. The number of nitro benzene ring substituents is 1. The van der Waals surface area contributed by atoms with Crippen LogP contribution in [0.15, 0.2) is 76.5 Å². The molecule has 0 saturated heterocycles. The average molecular weight is 380 g/mol. The molecule has 27 heavy (non-hydrogen) atoms. The summed E-state index contributed by atoms with van der Waals surface area (Å²) in [5.74, 6) is -0.358. The van der Waals surface area contributed by atoms with Gasteiger partial charge in [-0.15, -0.1) is 0 Å². The van der Waals surface area contributed by atoms with E-state index in [0.717, 1.165) is 4.90 Å². The van der Waals surface area contributed by atoms with Crippen LogP contribution in [0.3, 0.4) is 0 Å². The molecule has 7 nitrogen and oxygen atoms in total. The van der Waals surface area contributed by atoms with E-state index >= 15 is 0 Å². The fourth-order valence-electron chi connectivity index (χ4n) is 2.45. The second kappa shape index (κ2) is 7.79. The van der Waals surface area contributed by atoms with Crippen molar-refractivity contribution in [3.63, 3.8) is 0 Å². The van der Waals surface area contributed by atoms with E-state index in [1.54, 1.807) is 54.6 Å². The molecule has 3 aromatic carbocycles. The molecule has 0 aromatic heterocycles. The minimum atomic E-state index is -0.459. The van der Waals surface area contributed by atoms with E-state index in [0.29, 0.717) is 27.5 Å². The summed E-state index contributed by atoms with van der Waals surface area (Å²) in [4.78, 5) is 24.5. The Kier molecular flexibility index (Phi) is 5.28. The average Bonchev–Trinajstić information content (AvgIpc) is 2.62. The van der Waals surface area contributed by atoms with Crippen LogP contribution < -0.4 is 16.8 Å². The molecule has 0 aliphatic rings. The molecule has 0 heterocycles. The predicted octanol–water partition coefficient (Wildman–Crippen LogP) is 4.16. The molecule has 3 aromatic rings. The summed E-state index contributed by atoms with van der Waals surface area (Å²) in [7, 11) is 0. The molecule has 0 radical (unpaired) electrons. The maximum atomic E-state index is 12.8. The molecule has 136 valence electrons. The van der Waals surface area contributed by atoms with Crippen LogP contribution >= 0.6 is 11.8 Å². The molecular weight excluding hydrogens is 364 g/mol. The second-order valence-corrected chi connectivity index (χ2v) is 6.77. The second-order valence-electron chi connectivity index (χ2n) is 5.65. The van der Waals surface area contributed by atoms with Gasteiger partial charge >= 0.3 is 0 Å². The number of rotatable bonds is 5. The Morgan fingerprint density at radius 1 is 1.00 bits per heavy atom. The molecular formula is C19H16N4O3S. The number of nitrogen functional groups attached to an aromatic ring is 2. The van der Waals surface area contributed by atoms with Gasteiger partial charge in [0.1, 0.15) is 0 Å². The summed E-state index contributed by atoms with van der Waals surface area (Å²) >= 11 is 1.30. The first-order valence-corrected chi connectivity index (χ1v) is 8.73. The van der Waals surface area contributed by atoms with Crippen LogP contribution in [0.25, 0.3) is 0 Å². The van der Waals surface area contributed by atoms with Gasteiger partial charge in [0.2, 0.25) is 0 Å². The van der Waals surface area contributed by atoms with Gasteiger partial charge in [0.25, 0.3) is 11.6 Å². The summed E-state index contributed by atoms with van der Waals surface area (Å²) in [5, 5.41) is 13.6. The van der Waals surface area contributed by atoms with Gasteiger partial charge in [-0.3, -0.25) is 14.9 Å². The van der Waals surface area contributed by atoms with Crippen LogP contribution in [0.5, 0.6) is 0 Å². The van der Waals surface area contributed by atoms with Crippen molar-refractivity contribution in [2.75, 3.05) is 16.8 Å². The van der Waals surface area contributed by atoms with Crippen molar-refractivity contribution in [1.82, 2.24) is 0 Å². The Balaban J connectivity index is 1.87. The molecule has 0 saturated carbocycles. The van der Waals surface area contributed by atoms with E-state index in [1.165, 1.54) is 23.9 Å². The summed E-state index contributed by atoms with van der Waals surface area (Å²) < 4.78 is 0. The Hall–Kier alpha value is -3.52. The highest BCUT2D eigenvalue weighted by Gasteiger charge is 2.17. The van der Waals surface area contributed by atoms with Crippen LogP contribution in [0, 0.1) is 10.1 Å². The summed E-state index contributed by atoms with van der Waals surface area (Å²) in [6.45, 7) is 0. The smallest absolute Gasteiger partial charge is 0.269 e. The quantitative estimate of drug-likeness (QED) is 0.347. The molecule has 0 unspecified atom stereocenters. The number of anilines is 3. The zero-order chi connectivity index (χ0) is 19.4. The number of amides is 1. The van der Waals surface area contributed by atoms with E-state index in [-0.39, 0.29) is 11.6 Å². The van der Waals surface area contributed by atoms with E-state index in [4.69, 9.17) is 11.5 Å². The third-order valence-corrected chi connectivity index (χ3v) is 4.77. The molecule has 1 amide bonds. The largest absolute Gasteiger partial charge is 0.399 e. The molecule has 8 heteroatoms. The topological polar surface area (TPSA) is 124 Å². The van der Waals surface area contributed by atoms with Crippen molar-refractivity contribution in [2.45, 2.75) is 9.79 Å². The van der Waals surface area contributed by atoms with Crippen molar-refractivity contribution >= 4 is 40.4 Å². The first-order chi connectivity index (χ1) is 12.9. The molecule has 3 rings (SSSR count). The summed E-state index contributed by atoms with van der Waals surface area (Å²) in [6, 6.07) is 18.1. The zero-order valence-electron chi connectivity index (χ0n) is 14.1. The summed E-state index contributed by atoms with van der Waals surface area (Å²) in [6.07, 6.45) is 0. The van der Waals surface area contributed by atoms with Gasteiger partial charge in [-0.1, -0.05) is 23.9 Å². The maximum Gasteiger partial charge on any atom is 0.269 e. The standard InChI is InChI=1S/C19H16N4O3S/c20-12-3-1-4-13(11-12)22-19(24)18-16(21)5-2-6-17(18)27-15-9-7-14(8-10-15)23(25)26/h1-11H,20-21H2,(H,22,24). The Morgan fingerprint density at radius 3 is 2.37 bits per heavy atom. The fraction of sp³-hybridized carbons (Fsp3) is 0. The minimum Gasteiger partial charge on any atom is -0.399 e. The van der Waals surface area contributed by atoms with Gasteiger partial charge in [0.05, 0.1) is 10.5 Å². The maximum absolute atomic E-state index is 12.8. The molecule has 0 spiro atoms. The number of carbonyl (C=O) groups is 1. The van der Waals surface area contributed by atoms with Crippen LogP contribution in [0.1, 0.15) is 10.4 Å². The Labute approximate surface area is 159 Å². The van der Waals surface area contributed by atoms with Crippen LogP contribution in [-0.2, 0) is 0 Å². The van der Waals surface area contributed by atoms with Crippen molar-refractivity contribution in [3.8, 4) is 0 Å². The SMILES string of the molecule is Nc1cccc(NC(=O)c2c(N)cccc2Sc2ccc([N+](=O)[O-])cc2)c1. The Morgan fingerprint density at radius 2 is 1.70 bits per heavy atom. The van der Waals surface area contributed by atoms with Gasteiger partial charge in [0.15, 0.2) is 0 Å². The van der Waals surface area contributed by atoms with Gasteiger partial charge in [-0.25, -0.2) is 0 Å². The van der Waals surface area contributed by atoms with E-state index in [1.807, 2.05) is 0 Å². The molecule has 0 aliphatic heterocycles. The fourth-order valence-corrected chi connectivity index (χ4v) is 3.43. The number of non-ortho nitro benzene ring substituents is 1. The lowest BCUT2D eigenvalue weighted by molar-refractivity contribution is -0.384.